The molecule has 1 aromatic carbocycles. The highest BCUT2D eigenvalue weighted by molar-refractivity contribution is 5.40. The Balaban J connectivity index is 2.50. The predicted octanol–water partition coefficient (Wildman–Crippen LogP) is 2.70. The lowest BCUT2D eigenvalue weighted by Gasteiger charge is -2.16. The van der Waals surface area contributed by atoms with Crippen LogP contribution in [0.5, 0.6) is 5.75 Å². The second-order valence-electron chi connectivity index (χ2n) is 2.77. The fourth-order valence-corrected chi connectivity index (χ4v) is 1.30. The van der Waals surface area contributed by atoms with Crippen LogP contribution in [0.1, 0.15) is 18.4 Å². The molecule has 0 saturated carbocycles. The monoisotopic (exact) mass is 146 g/mol. The van der Waals surface area contributed by atoms with E-state index in [0.717, 1.165) is 5.75 Å². The van der Waals surface area contributed by atoms with Crippen molar-refractivity contribution >= 4 is 0 Å². The van der Waals surface area contributed by atoms with Gasteiger partial charge in [-0.15, -0.1) is 0 Å². The Morgan fingerprint density at radius 2 is 2.09 bits per heavy atom. The van der Waals surface area contributed by atoms with Gasteiger partial charge < -0.3 is 4.74 Å². The number of fused-ring (bicyclic) bond motifs is 1. The van der Waals surface area contributed by atoms with Crippen LogP contribution >= 0.6 is 0 Å². The first-order valence-electron chi connectivity index (χ1n) is 3.80. The molecule has 11 heavy (non-hydrogen) atoms. The maximum absolute atomic E-state index is 5.31. The van der Waals surface area contributed by atoms with E-state index in [4.69, 9.17) is 4.74 Å². The third-order valence-corrected chi connectivity index (χ3v) is 1.97. The summed E-state index contributed by atoms with van der Waals surface area (Å²) in [5.41, 5.74) is 1.27. The van der Waals surface area contributed by atoms with Crippen LogP contribution in [0, 0.1) is 0 Å². The van der Waals surface area contributed by atoms with E-state index in [1.807, 2.05) is 18.2 Å². The van der Waals surface area contributed by atoms with E-state index >= 15 is 0 Å². The highest BCUT2D eigenvalue weighted by Crippen LogP contribution is 2.30. The molecule has 1 aromatic rings. The Kier molecular flexibility index (Phi) is 1.42. The molecule has 0 N–H and O–H groups in total. The van der Waals surface area contributed by atoms with E-state index in [-0.39, 0.29) is 0 Å². The molecule has 0 amide bonds. The van der Waals surface area contributed by atoms with Crippen molar-refractivity contribution in [3.63, 3.8) is 0 Å². The van der Waals surface area contributed by atoms with E-state index in [9.17, 15) is 0 Å². The maximum atomic E-state index is 5.31. The van der Waals surface area contributed by atoms with Crippen molar-refractivity contribution in [3.8, 4) is 5.75 Å². The highest BCUT2D eigenvalue weighted by Gasteiger charge is 2.11. The Morgan fingerprint density at radius 1 is 1.27 bits per heavy atom. The van der Waals surface area contributed by atoms with Gasteiger partial charge in [0.15, 0.2) is 0 Å². The van der Waals surface area contributed by atoms with Crippen molar-refractivity contribution in [2.24, 2.45) is 0 Å². The standard InChI is InChI=1S/C10H10O/c1-8-6-7-11-10-5-3-2-4-9(8)10/h2-8H,1H3. The zero-order valence-electron chi connectivity index (χ0n) is 6.45. The molecule has 1 heterocycles. The van der Waals surface area contributed by atoms with Crippen molar-refractivity contribution in [3.05, 3.63) is 42.2 Å². The van der Waals surface area contributed by atoms with Crippen LogP contribution in [-0.2, 0) is 0 Å². The van der Waals surface area contributed by atoms with Crippen molar-refractivity contribution < 1.29 is 4.74 Å². The predicted molar refractivity (Wildman–Crippen MR) is 44.6 cm³/mol. The molecular weight excluding hydrogens is 136 g/mol. The third-order valence-electron chi connectivity index (χ3n) is 1.97. The van der Waals surface area contributed by atoms with Gasteiger partial charge in [-0.2, -0.15) is 0 Å². The summed E-state index contributed by atoms with van der Waals surface area (Å²) in [7, 11) is 0. The van der Waals surface area contributed by atoms with Gasteiger partial charge in [0.05, 0.1) is 6.26 Å². The average molecular weight is 146 g/mol. The molecular formula is C10H10O. The summed E-state index contributed by atoms with van der Waals surface area (Å²) in [5.74, 6) is 1.47. The molecule has 1 unspecified atom stereocenters. The number of para-hydroxylation sites is 1. The van der Waals surface area contributed by atoms with Crippen LogP contribution in [0.4, 0.5) is 0 Å². The summed E-state index contributed by atoms with van der Waals surface area (Å²) in [6.45, 7) is 2.16. The molecule has 1 aliphatic rings. The lowest BCUT2D eigenvalue weighted by Crippen LogP contribution is -1.99. The maximum Gasteiger partial charge on any atom is 0.130 e. The van der Waals surface area contributed by atoms with Crippen molar-refractivity contribution in [2.45, 2.75) is 12.8 Å². The Hall–Kier alpha value is -1.24. The highest BCUT2D eigenvalue weighted by atomic mass is 16.5. The largest absolute Gasteiger partial charge is 0.465 e. The summed E-state index contributed by atoms with van der Waals surface area (Å²) in [6.07, 6.45) is 3.81. The summed E-state index contributed by atoms with van der Waals surface area (Å²) >= 11 is 0. The minimum Gasteiger partial charge on any atom is -0.465 e. The molecule has 0 fully saturated rings. The Bertz CT molecular complexity index is 289. The van der Waals surface area contributed by atoms with Crippen LogP contribution in [-0.4, -0.2) is 0 Å². The SMILES string of the molecule is CC1C=COc2ccccc21. The van der Waals surface area contributed by atoms with Gasteiger partial charge in [-0.05, 0) is 12.1 Å². The van der Waals surface area contributed by atoms with Gasteiger partial charge in [0.2, 0.25) is 0 Å². The van der Waals surface area contributed by atoms with Crippen LogP contribution < -0.4 is 4.74 Å². The van der Waals surface area contributed by atoms with E-state index in [1.165, 1.54) is 5.56 Å². The lowest BCUT2D eigenvalue weighted by molar-refractivity contribution is 0.456. The lowest BCUT2D eigenvalue weighted by atomic mass is 9.99. The molecule has 1 atom stereocenters. The van der Waals surface area contributed by atoms with Gasteiger partial charge in [-0.1, -0.05) is 25.1 Å². The fourth-order valence-electron chi connectivity index (χ4n) is 1.30. The summed E-state index contributed by atoms with van der Waals surface area (Å²) in [6, 6.07) is 8.13. The molecule has 56 valence electrons. The van der Waals surface area contributed by atoms with Gasteiger partial charge in [0.1, 0.15) is 5.75 Å². The molecule has 1 aliphatic heterocycles. The molecule has 0 spiro atoms. The number of rotatable bonds is 0. The molecule has 0 saturated heterocycles. The molecule has 0 bridgehead atoms. The smallest absolute Gasteiger partial charge is 0.130 e. The van der Waals surface area contributed by atoms with Gasteiger partial charge in [0.25, 0.3) is 0 Å². The van der Waals surface area contributed by atoms with Crippen molar-refractivity contribution in [2.75, 3.05) is 0 Å². The summed E-state index contributed by atoms with van der Waals surface area (Å²) in [4.78, 5) is 0. The Morgan fingerprint density at radius 3 is 2.91 bits per heavy atom. The minimum atomic E-state index is 0.486. The quantitative estimate of drug-likeness (QED) is 0.546. The number of ether oxygens (including phenoxy) is 1. The molecule has 2 rings (SSSR count). The van der Waals surface area contributed by atoms with Gasteiger partial charge in [0, 0.05) is 11.5 Å². The van der Waals surface area contributed by atoms with Crippen LogP contribution in [0.25, 0.3) is 0 Å². The number of allylic oxidation sites excluding steroid dienone is 1. The first kappa shape index (κ1) is 6.47. The molecule has 1 nitrogen and oxygen atoms in total. The normalized spacial score (nSPS) is 20.6. The second kappa shape index (κ2) is 2.42. The zero-order valence-corrected chi connectivity index (χ0v) is 6.45. The van der Waals surface area contributed by atoms with Gasteiger partial charge in [-0.25, -0.2) is 0 Å². The van der Waals surface area contributed by atoms with E-state index in [1.54, 1.807) is 6.26 Å². The molecule has 1 heteroatoms. The van der Waals surface area contributed by atoms with E-state index in [0.29, 0.717) is 5.92 Å². The first-order chi connectivity index (χ1) is 5.38. The third kappa shape index (κ3) is 1.03. The van der Waals surface area contributed by atoms with Crippen LogP contribution in [0.15, 0.2) is 36.6 Å². The van der Waals surface area contributed by atoms with Crippen LogP contribution in [0.3, 0.4) is 0 Å². The Labute approximate surface area is 66.3 Å². The summed E-state index contributed by atoms with van der Waals surface area (Å²) < 4.78 is 5.31. The molecule has 0 radical (unpaired) electrons. The topological polar surface area (TPSA) is 9.23 Å². The zero-order chi connectivity index (χ0) is 7.68. The second-order valence-corrected chi connectivity index (χ2v) is 2.77. The van der Waals surface area contributed by atoms with Gasteiger partial charge in [-0.3, -0.25) is 0 Å². The minimum absolute atomic E-state index is 0.486. The van der Waals surface area contributed by atoms with Crippen molar-refractivity contribution in [1.29, 1.82) is 0 Å². The van der Waals surface area contributed by atoms with Crippen molar-refractivity contribution in [1.82, 2.24) is 0 Å². The molecule has 0 aliphatic carbocycles. The van der Waals surface area contributed by atoms with Gasteiger partial charge >= 0.3 is 0 Å². The summed E-state index contributed by atoms with van der Waals surface area (Å²) in [5, 5.41) is 0. The van der Waals surface area contributed by atoms with E-state index < -0.39 is 0 Å². The first-order valence-corrected chi connectivity index (χ1v) is 3.80. The number of hydrogen-bond donors (Lipinski definition) is 0. The molecule has 0 aromatic heterocycles. The van der Waals surface area contributed by atoms with E-state index in [2.05, 4.69) is 19.1 Å². The fraction of sp³-hybridized carbons (Fsp3) is 0.200. The number of benzene rings is 1. The average Bonchev–Trinajstić information content (AvgIpc) is 2.06. The number of hydrogen-bond acceptors (Lipinski definition) is 1. The van der Waals surface area contributed by atoms with Crippen LogP contribution in [0.2, 0.25) is 0 Å².